The number of sulfone groups is 2. The second kappa shape index (κ2) is 23.3. The summed E-state index contributed by atoms with van der Waals surface area (Å²) < 4.78 is 146. The number of hydrogen-bond donors (Lipinski definition) is 3. The van der Waals surface area contributed by atoms with Gasteiger partial charge in [0.25, 0.3) is 19.9 Å². The normalized spacial score (nSPS) is 15.7. The SMILES string of the molecule is Cc1c(S(C)(=O)=O)c(-c2ccc(N3CCN(c4ccc(NS(=O)(=O)c5cccc(N[C@H](CCN6CCC(C(=O)O)CC6)CSc6ccccc6)c5S(=O)(=O)C(F)(F)F)cc4)CC3)cc2F)c(-c2ccc(Cl)cc2)n1C(C)C. The van der Waals surface area contributed by atoms with Crippen LogP contribution in [0.15, 0.2) is 135 Å². The predicted octanol–water partition coefficient (Wildman–Crippen LogP) is 11.1. The Bertz CT molecular complexity index is 3440. The summed E-state index contributed by atoms with van der Waals surface area (Å²) in [4.78, 5) is 15.9. The monoisotopic (exact) mass is 1160 g/mol. The second-order valence-corrected chi connectivity index (χ2v) is 26.5. The molecule has 2 aliphatic heterocycles. The van der Waals surface area contributed by atoms with Gasteiger partial charge in [0.15, 0.2) is 9.84 Å². The van der Waals surface area contributed by atoms with Gasteiger partial charge >= 0.3 is 11.5 Å². The molecule has 2 aliphatic rings. The fourth-order valence-electron chi connectivity index (χ4n) is 10.1. The Hall–Kier alpha value is -5.78. The number of alkyl halides is 3. The molecular formula is C54H59ClF4N6O8S4. The number of likely N-dealkylation sites (tertiary alicyclic amines) is 1. The van der Waals surface area contributed by atoms with Gasteiger partial charge in [-0.3, -0.25) is 9.52 Å². The molecule has 23 heteroatoms. The molecule has 0 saturated carbocycles. The lowest BCUT2D eigenvalue weighted by atomic mass is 9.97. The number of hydrogen-bond acceptors (Lipinski definition) is 12. The van der Waals surface area contributed by atoms with E-state index < -0.39 is 74.4 Å². The number of carboxylic acids is 1. The van der Waals surface area contributed by atoms with Gasteiger partial charge in [-0.1, -0.05) is 48.0 Å². The minimum atomic E-state index is -6.28. The van der Waals surface area contributed by atoms with E-state index in [2.05, 4.69) is 10.0 Å². The first kappa shape index (κ1) is 57.4. The molecule has 1 aromatic heterocycles. The third-order valence-electron chi connectivity index (χ3n) is 13.9. The van der Waals surface area contributed by atoms with E-state index in [0.29, 0.717) is 98.4 Å². The van der Waals surface area contributed by atoms with Gasteiger partial charge in [-0.2, -0.15) is 13.2 Å². The fourth-order valence-corrected chi connectivity index (χ4v) is 15.2. The maximum absolute atomic E-state index is 16.6. The van der Waals surface area contributed by atoms with Crippen LogP contribution in [-0.4, -0.2) is 115 Å². The number of halogens is 5. The maximum Gasteiger partial charge on any atom is 0.502 e. The zero-order chi connectivity index (χ0) is 55.6. The number of piperidine rings is 1. The Morgan fingerprint density at radius 3 is 1.97 bits per heavy atom. The quantitative estimate of drug-likeness (QED) is 0.0516. The molecule has 5 aromatic carbocycles. The molecule has 77 heavy (non-hydrogen) atoms. The van der Waals surface area contributed by atoms with Crippen molar-refractivity contribution in [2.24, 2.45) is 5.92 Å². The lowest BCUT2D eigenvalue weighted by Gasteiger charge is -2.37. The summed E-state index contributed by atoms with van der Waals surface area (Å²) in [5, 5.41) is 12.9. The first-order valence-corrected chi connectivity index (χ1v) is 31.0. The van der Waals surface area contributed by atoms with E-state index in [1.165, 1.54) is 36.0 Å². The highest BCUT2D eigenvalue weighted by molar-refractivity contribution is 7.99. The number of benzene rings is 5. The number of rotatable bonds is 19. The zero-order valence-corrected chi connectivity index (χ0v) is 46.6. The number of carbonyl (C=O) groups is 1. The third kappa shape index (κ3) is 12.9. The molecular weight excluding hydrogens is 1100 g/mol. The van der Waals surface area contributed by atoms with Crippen molar-refractivity contribution in [3.05, 3.63) is 132 Å². The molecule has 0 amide bonds. The van der Waals surface area contributed by atoms with E-state index in [1.807, 2.05) is 63.4 Å². The molecule has 0 aliphatic carbocycles. The standard InChI is InChI=1S/C54H59ClF4N6O8S4/c1-35(2)65-36(3)51(75(4,68)69)49(50(65)37-13-15-39(55)16-14-37)45-22-21-43(33-46(45)56)64-31-29-63(30-32-64)42-19-17-40(18-20-42)61-77(72,73)48-12-8-11-47(52(48)76(70,71)54(57,58)59)60-41(34-74-44-9-6-5-7-10-44)25-28-62-26-23-38(24-27-62)53(66)67/h5-22,33,35,38,41,60-61H,23-32,34H2,1-4H3,(H,66,67)/t41-/m1/s1. The van der Waals surface area contributed by atoms with Gasteiger partial charge in [0.1, 0.15) is 15.6 Å². The highest BCUT2D eigenvalue weighted by Crippen LogP contribution is 2.45. The Kier molecular flexibility index (Phi) is 17.4. The first-order valence-electron chi connectivity index (χ1n) is 24.8. The largest absolute Gasteiger partial charge is 0.502 e. The summed E-state index contributed by atoms with van der Waals surface area (Å²) in [5.41, 5.74) is -3.10. The molecule has 0 unspecified atom stereocenters. The summed E-state index contributed by atoms with van der Waals surface area (Å²) >= 11 is 7.60. The summed E-state index contributed by atoms with van der Waals surface area (Å²) in [6, 6.07) is 29.2. The second-order valence-electron chi connectivity index (χ2n) is 19.5. The van der Waals surface area contributed by atoms with Crippen LogP contribution in [-0.2, 0) is 34.5 Å². The number of aliphatic carboxylic acids is 1. The smallest absolute Gasteiger partial charge is 0.481 e. The van der Waals surface area contributed by atoms with Crippen LogP contribution in [0.25, 0.3) is 22.4 Å². The molecule has 3 N–H and O–H groups in total. The topological polar surface area (TPSA) is 178 Å². The Morgan fingerprint density at radius 2 is 1.40 bits per heavy atom. The number of nitrogens with zero attached hydrogens (tertiary/aromatic N) is 4. The Labute approximate surface area is 456 Å². The van der Waals surface area contributed by atoms with Gasteiger partial charge in [-0.15, -0.1) is 11.8 Å². The van der Waals surface area contributed by atoms with Crippen molar-refractivity contribution in [3.8, 4) is 22.4 Å². The average molecular weight is 1160 g/mol. The van der Waals surface area contributed by atoms with Crippen molar-refractivity contribution in [2.45, 2.75) is 77.2 Å². The number of thioether (sulfide) groups is 1. The van der Waals surface area contributed by atoms with Crippen molar-refractivity contribution in [3.63, 3.8) is 0 Å². The van der Waals surface area contributed by atoms with Crippen molar-refractivity contribution < 1.29 is 52.7 Å². The van der Waals surface area contributed by atoms with E-state index in [9.17, 15) is 48.3 Å². The van der Waals surface area contributed by atoms with Gasteiger partial charge in [-0.25, -0.2) is 29.6 Å². The third-order valence-corrected chi connectivity index (χ3v) is 19.7. The van der Waals surface area contributed by atoms with Gasteiger partial charge < -0.3 is 29.7 Å². The maximum atomic E-state index is 16.6. The van der Waals surface area contributed by atoms with Crippen LogP contribution in [0.1, 0.15) is 44.8 Å². The van der Waals surface area contributed by atoms with E-state index in [4.69, 9.17) is 11.6 Å². The average Bonchev–Trinajstić information content (AvgIpc) is 3.77. The minimum Gasteiger partial charge on any atom is -0.481 e. The zero-order valence-electron chi connectivity index (χ0n) is 42.6. The molecule has 2 fully saturated rings. The van der Waals surface area contributed by atoms with Gasteiger partial charge in [0, 0.05) is 101 Å². The van der Waals surface area contributed by atoms with Crippen molar-refractivity contribution >= 4 is 81.8 Å². The molecule has 8 rings (SSSR count). The van der Waals surface area contributed by atoms with Gasteiger partial charge in [0.05, 0.1) is 22.2 Å². The van der Waals surface area contributed by atoms with E-state index >= 15 is 4.39 Å². The Morgan fingerprint density at radius 1 is 0.792 bits per heavy atom. The molecule has 0 bridgehead atoms. The number of carboxylic acid groups (broad SMARTS) is 1. The van der Waals surface area contributed by atoms with E-state index in [-0.39, 0.29) is 33.5 Å². The first-order chi connectivity index (χ1) is 36.3. The lowest BCUT2D eigenvalue weighted by molar-refractivity contribution is -0.143. The van der Waals surface area contributed by atoms with Crippen LogP contribution in [0.5, 0.6) is 0 Å². The summed E-state index contributed by atoms with van der Waals surface area (Å²) in [6.07, 6.45) is 2.28. The molecule has 0 spiro atoms. The Balaban J connectivity index is 0.988. The number of nitrogens with one attached hydrogen (secondary N) is 2. The molecule has 6 aromatic rings. The van der Waals surface area contributed by atoms with Crippen LogP contribution in [0, 0.1) is 18.7 Å². The van der Waals surface area contributed by atoms with Crippen LogP contribution >= 0.6 is 23.4 Å². The molecule has 14 nitrogen and oxygen atoms in total. The van der Waals surface area contributed by atoms with Crippen molar-refractivity contribution in [1.82, 2.24) is 9.47 Å². The minimum absolute atomic E-state index is 0.0376. The number of aromatic nitrogens is 1. The number of anilines is 4. The van der Waals surface area contributed by atoms with Gasteiger partial charge in [0.2, 0.25) is 0 Å². The van der Waals surface area contributed by atoms with Crippen LogP contribution in [0.3, 0.4) is 0 Å². The summed E-state index contributed by atoms with van der Waals surface area (Å²) in [5.74, 6) is -1.70. The summed E-state index contributed by atoms with van der Waals surface area (Å²) in [6.45, 7) is 8.76. The molecule has 1 atom stereocenters. The molecule has 3 heterocycles. The van der Waals surface area contributed by atoms with Crippen LogP contribution in [0.2, 0.25) is 5.02 Å². The molecule has 412 valence electrons. The lowest BCUT2D eigenvalue weighted by Crippen LogP contribution is -2.46. The van der Waals surface area contributed by atoms with Crippen molar-refractivity contribution in [1.29, 1.82) is 0 Å². The summed E-state index contributed by atoms with van der Waals surface area (Å²) in [7, 11) is -15.1. The van der Waals surface area contributed by atoms with Crippen LogP contribution in [0.4, 0.5) is 40.3 Å². The fraction of sp³-hybridized carbons (Fsp3) is 0.352. The van der Waals surface area contributed by atoms with E-state index in [1.54, 1.807) is 55.5 Å². The molecule has 0 radical (unpaired) electrons. The van der Waals surface area contributed by atoms with Crippen molar-refractivity contribution in [2.75, 3.05) is 77.7 Å². The van der Waals surface area contributed by atoms with Gasteiger partial charge in [-0.05, 0) is 138 Å². The van der Waals surface area contributed by atoms with E-state index in [0.717, 1.165) is 23.3 Å². The predicted molar refractivity (Wildman–Crippen MR) is 296 cm³/mol. The highest BCUT2D eigenvalue weighted by atomic mass is 35.5. The highest BCUT2D eigenvalue weighted by Gasteiger charge is 2.50. The van der Waals surface area contributed by atoms with Crippen LogP contribution < -0.4 is 19.8 Å². The number of piperazine rings is 1. The number of sulfonamides is 1. The molecule has 2 saturated heterocycles.